The van der Waals surface area contributed by atoms with Crippen LogP contribution >= 0.6 is 11.6 Å². The van der Waals surface area contributed by atoms with Gasteiger partial charge in [-0.15, -0.1) is 0 Å². The molecule has 0 saturated heterocycles. The van der Waals surface area contributed by atoms with E-state index in [1.807, 2.05) is 13.0 Å². The summed E-state index contributed by atoms with van der Waals surface area (Å²) in [7, 11) is 0. The molecule has 0 N–H and O–H groups in total. The summed E-state index contributed by atoms with van der Waals surface area (Å²) in [6, 6.07) is 7.78. The van der Waals surface area contributed by atoms with Gasteiger partial charge in [0.05, 0.1) is 10.6 Å². The Morgan fingerprint density at radius 3 is 2.17 bits per heavy atom. The van der Waals surface area contributed by atoms with Crippen molar-refractivity contribution in [1.29, 1.82) is 0 Å². The van der Waals surface area contributed by atoms with Gasteiger partial charge in [0.2, 0.25) is 0 Å². The molecule has 0 nitrogen and oxygen atoms in total. The standard InChI is InChI=1S/C25H26ClF3/c1-2-3-20-15-23(27)21(24(28)16-20)12-10-18-6-4-17(5-7-18)8-9-19-11-13-22(26)25(29)14-19/h11,13-18H,2-9H2,1H3/t17-,18-. The van der Waals surface area contributed by atoms with Gasteiger partial charge in [-0.1, -0.05) is 42.9 Å². The third-order valence-corrected chi connectivity index (χ3v) is 6.02. The van der Waals surface area contributed by atoms with E-state index in [2.05, 4.69) is 11.8 Å². The van der Waals surface area contributed by atoms with Gasteiger partial charge in [0.25, 0.3) is 0 Å². The van der Waals surface area contributed by atoms with Crippen molar-refractivity contribution < 1.29 is 13.2 Å². The lowest BCUT2D eigenvalue weighted by molar-refractivity contribution is 0.301. The zero-order valence-corrected chi connectivity index (χ0v) is 17.5. The van der Waals surface area contributed by atoms with E-state index in [1.165, 1.54) is 18.2 Å². The van der Waals surface area contributed by atoms with Crippen LogP contribution in [0.5, 0.6) is 0 Å². The van der Waals surface area contributed by atoms with Crippen LogP contribution in [0.3, 0.4) is 0 Å². The van der Waals surface area contributed by atoms with Crippen LogP contribution in [0.15, 0.2) is 30.3 Å². The van der Waals surface area contributed by atoms with E-state index < -0.39 is 11.6 Å². The second kappa shape index (κ2) is 10.2. The summed E-state index contributed by atoms with van der Waals surface area (Å²) in [5.74, 6) is 5.09. The van der Waals surface area contributed by atoms with E-state index in [-0.39, 0.29) is 22.3 Å². The Bertz CT molecular complexity index is 879. The number of aryl methyl sites for hydroxylation is 2. The number of benzene rings is 2. The highest BCUT2D eigenvalue weighted by Crippen LogP contribution is 2.32. The predicted octanol–water partition coefficient (Wildman–Crippen LogP) is 7.50. The van der Waals surface area contributed by atoms with Crippen LogP contribution < -0.4 is 0 Å². The molecule has 1 fully saturated rings. The Labute approximate surface area is 176 Å². The smallest absolute Gasteiger partial charge is 0.142 e. The lowest BCUT2D eigenvalue weighted by Crippen LogP contribution is -2.14. The molecule has 3 rings (SSSR count). The Balaban J connectivity index is 1.52. The SMILES string of the molecule is CCCc1cc(F)c(C#C[C@H]2CC[C@H](CCc3ccc(Cl)c(F)c3)CC2)c(F)c1. The van der Waals surface area contributed by atoms with Gasteiger partial charge in [0.1, 0.15) is 17.5 Å². The molecule has 2 aromatic carbocycles. The lowest BCUT2D eigenvalue weighted by atomic mass is 9.79. The van der Waals surface area contributed by atoms with Crippen LogP contribution in [0, 0.1) is 41.1 Å². The molecule has 0 spiro atoms. The molecular weight excluding hydrogens is 393 g/mol. The maximum atomic E-state index is 14.2. The lowest BCUT2D eigenvalue weighted by Gasteiger charge is -2.25. The summed E-state index contributed by atoms with van der Waals surface area (Å²) in [6.45, 7) is 1.98. The van der Waals surface area contributed by atoms with Gasteiger partial charge in [-0.2, -0.15) is 0 Å². The fourth-order valence-corrected chi connectivity index (χ4v) is 4.13. The highest BCUT2D eigenvalue weighted by atomic mass is 35.5. The fraction of sp³-hybridized carbons (Fsp3) is 0.440. The zero-order valence-electron chi connectivity index (χ0n) is 16.7. The van der Waals surface area contributed by atoms with E-state index >= 15 is 0 Å². The first-order chi connectivity index (χ1) is 14.0. The summed E-state index contributed by atoms with van der Waals surface area (Å²) in [5.41, 5.74) is 1.53. The van der Waals surface area contributed by atoms with Gasteiger partial charge in [-0.3, -0.25) is 0 Å². The van der Waals surface area contributed by atoms with E-state index in [1.54, 1.807) is 6.07 Å². The molecule has 1 aliphatic rings. The van der Waals surface area contributed by atoms with Gasteiger partial charge in [0.15, 0.2) is 0 Å². The van der Waals surface area contributed by atoms with E-state index in [0.717, 1.165) is 50.5 Å². The molecule has 0 bridgehead atoms. The molecule has 4 heteroatoms. The Hall–Kier alpha value is -1.92. The summed E-state index contributed by atoms with van der Waals surface area (Å²) in [6.07, 6.45) is 7.28. The molecule has 2 aromatic rings. The Morgan fingerprint density at radius 2 is 1.55 bits per heavy atom. The first-order valence-electron chi connectivity index (χ1n) is 10.4. The van der Waals surface area contributed by atoms with Gasteiger partial charge < -0.3 is 0 Å². The Morgan fingerprint density at radius 1 is 0.897 bits per heavy atom. The molecule has 154 valence electrons. The zero-order chi connectivity index (χ0) is 20.8. The minimum absolute atomic E-state index is 0.114. The van der Waals surface area contributed by atoms with Crippen LogP contribution in [0.25, 0.3) is 0 Å². The number of hydrogen-bond donors (Lipinski definition) is 0. The van der Waals surface area contributed by atoms with Crippen molar-refractivity contribution in [2.75, 3.05) is 0 Å². The van der Waals surface area contributed by atoms with Crippen molar-refractivity contribution >= 4 is 11.6 Å². The average molecular weight is 419 g/mol. The van der Waals surface area contributed by atoms with E-state index in [0.29, 0.717) is 17.9 Å². The maximum Gasteiger partial charge on any atom is 0.142 e. The van der Waals surface area contributed by atoms with Gasteiger partial charge in [0, 0.05) is 5.92 Å². The molecular formula is C25H26ClF3. The van der Waals surface area contributed by atoms with Crippen molar-refractivity contribution in [2.45, 2.75) is 58.3 Å². The van der Waals surface area contributed by atoms with Crippen molar-refractivity contribution in [3.05, 3.63) is 69.5 Å². The first-order valence-corrected chi connectivity index (χ1v) is 10.8. The minimum atomic E-state index is -0.565. The second-order valence-electron chi connectivity index (χ2n) is 7.96. The van der Waals surface area contributed by atoms with Crippen LogP contribution in [0.2, 0.25) is 5.02 Å². The molecule has 29 heavy (non-hydrogen) atoms. The summed E-state index contributed by atoms with van der Waals surface area (Å²) < 4.78 is 41.9. The summed E-state index contributed by atoms with van der Waals surface area (Å²) in [4.78, 5) is 0. The summed E-state index contributed by atoms with van der Waals surface area (Å²) >= 11 is 5.73. The van der Waals surface area contributed by atoms with Crippen LogP contribution in [0.1, 0.15) is 62.1 Å². The molecule has 0 aliphatic heterocycles. The van der Waals surface area contributed by atoms with Crippen molar-refractivity contribution in [3.8, 4) is 11.8 Å². The normalized spacial score (nSPS) is 18.9. The highest BCUT2D eigenvalue weighted by Gasteiger charge is 2.20. The van der Waals surface area contributed by atoms with Crippen LogP contribution in [-0.2, 0) is 12.8 Å². The van der Waals surface area contributed by atoms with E-state index in [4.69, 9.17) is 11.6 Å². The van der Waals surface area contributed by atoms with E-state index in [9.17, 15) is 13.2 Å². The third-order valence-electron chi connectivity index (χ3n) is 5.71. The number of rotatable bonds is 5. The molecule has 1 aliphatic carbocycles. The average Bonchev–Trinajstić information content (AvgIpc) is 2.69. The molecule has 0 unspecified atom stereocenters. The maximum absolute atomic E-state index is 14.2. The van der Waals surface area contributed by atoms with Crippen LogP contribution in [0.4, 0.5) is 13.2 Å². The second-order valence-corrected chi connectivity index (χ2v) is 8.37. The van der Waals surface area contributed by atoms with Crippen molar-refractivity contribution in [3.63, 3.8) is 0 Å². The molecule has 1 saturated carbocycles. The largest absolute Gasteiger partial charge is 0.206 e. The number of halogens is 4. The Kier molecular flexibility index (Phi) is 7.67. The molecule has 0 radical (unpaired) electrons. The van der Waals surface area contributed by atoms with Crippen molar-refractivity contribution in [2.24, 2.45) is 11.8 Å². The van der Waals surface area contributed by atoms with Gasteiger partial charge >= 0.3 is 0 Å². The van der Waals surface area contributed by atoms with Crippen molar-refractivity contribution in [1.82, 2.24) is 0 Å². The topological polar surface area (TPSA) is 0 Å². The molecule has 0 heterocycles. The third kappa shape index (κ3) is 6.03. The fourth-order valence-electron chi connectivity index (χ4n) is 4.01. The number of hydrogen-bond acceptors (Lipinski definition) is 0. The summed E-state index contributed by atoms with van der Waals surface area (Å²) in [5, 5.41) is 0.153. The quantitative estimate of drug-likeness (QED) is 0.441. The molecule has 0 amide bonds. The predicted molar refractivity (Wildman–Crippen MR) is 112 cm³/mol. The highest BCUT2D eigenvalue weighted by molar-refractivity contribution is 6.30. The monoisotopic (exact) mass is 418 g/mol. The first kappa shape index (κ1) is 21.8. The minimum Gasteiger partial charge on any atom is -0.206 e. The van der Waals surface area contributed by atoms with Gasteiger partial charge in [-0.25, -0.2) is 13.2 Å². The molecule has 0 atom stereocenters. The molecule has 0 aromatic heterocycles. The van der Waals surface area contributed by atoms with Gasteiger partial charge in [-0.05, 0) is 86.3 Å². The van der Waals surface area contributed by atoms with Crippen LogP contribution in [-0.4, -0.2) is 0 Å².